The fourth-order valence-electron chi connectivity index (χ4n) is 2.06. The van der Waals surface area contributed by atoms with Crippen molar-refractivity contribution in [1.29, 1.82) is 0 Å². The molecule has 0 fully saturated rings. The summed E-state index contributed by atoms with van der Waals surface area (Å²) in [6.45, 7) is 0.378. The van der Waals surface area contributed by atoms with Gasteiger partial charge in [-0.15, -0.1) is 11.3 Å². The third-order valence-electron chi connectivity index (χ3n) is 3.14. The molecule has 0 unspecified atom stereocenters. The molecule has 2 nitrogen and oxygen atoms in total. The third kappa shape index (κ3) is 2.91. The van der Waals surface area contributed by atoms with Gasteiger partial charge in [0, 0.05) is 21.7 Å². The van der Waals surface area contributed by atoms with Crippen molar-refractivity contribution in [3.8, 4) is 0 Å². The van der Waals surface area contributed by atoms with Gasteiger partial charge in [-0.1, -0.05) is 59.6 Å². The average molecular weight is 336 g/mol. The Bertz CT molecular complexity index is 813. The summed E-state index contributed by atoms with van der Waals surface area (Å²) >= 11 is 13.8. The van der Waals surface area contributed by atoms with Gasteiger partial charge in [-0.25, -0.2) is 0 Å². The Morgan fingerprint density at radius 2 is 1.76 bits per heavy atom. The quantitative estimate of drug-likeness (QED) is 0.705. The van der Waals surface area contributed by atoms with E-state index in [1.807, 2.05) is 42.5 Å². The maximum Gasteiger partial charge on any atom is 0.263 e. The number of fused-ring (bicyclic) bond motifs is 1. The molecule has 0 spiro atoms. The maximum absolute atomic E-state index is 12.3. The molecular weight excluding hydrogens is 325 g/mol. The zero-order chi connectivity index (χ0) is 14.8. The van der Waals surface area contributed by atoms with Gasteiger partial charge in [0.25, 0.3) is 5.91 Å². The minimum Gasteiger partial charge on any atom is -0.347 e. The molecule has 0 radical (unpaired) electrons. The van der Waals surface area contributed by atoms with Crippen LogP contribution in [-0.2, 0) is 6.54 Å². The van der Waals surface area contributed by atoms with E-state index in [1.54, 1.807) is 6.07 Å². The standard InChI is InChI=1S/C16H11Cl2NOS/c17-12-7-3-1-5-10(12)9-19-16(20)15-14(18)11-6-2-4-8-13(11)21-15/h1-8H,9H2,(H,19,20). The van der Waals surface area contributed by atoms with E-state index in [0.717, 1.165) is 15.6 Å². The van der Waals surface area contributed by atoms with Gasteiger partial charge in [-0.2, -0.15) is 0 Å². The van der Waals surface area contributed by atoms with Gasteiger partial charge in [0.15, 0.2) is 0 Å². The van der Waals surface area contributed by atoms with Crippen molar-refractivity contribution in [2.24, 2.45) is 0 Å². The molecule has 0 aliphatic carbocycles. The number of halogens is 2. The normalized spacial score (nSPS) is 10.8. The van der Waals surface area contributed by atoms with Crippen LogP contribution in [0.5, 0.6) is 0 Å². The second kappa shape index (κ2) is 6.06. The maximum atomic E-state index is 12.3. The first-order valence-electron chi connectivity index (χ1n) is 6.35. The highest BCUT2D eigenvalue weighted by molar-refractivity contribution is 7.21. The van der Waals surface area contributed by atoms with Gasteiger partial charge in [0.1, 0.15) is 4.88 Å². The van der Waals surface area contributed by atoms with Crippen LogP contribution in [0.4, 0.5) is 0 Å². The van der Waals surface area contributed by atoms with Crippen LogP contribution in [0.25, 0.3) is 10.1 Å². The van der Waals surface area contributed by atoms with Crippen molar-refractivity contribution in [1.82, 2.24) is 5.32 Å². The first-order valence-corrected chi connectivity index (χ1v) is 7.92. The molecule has 1 N–H and O–H groups in total. The van der Waals surface area contributed by atoms with E-state index >= 15 is 0 Å². The van der Waals surface area contributed by atoms with Crippen LogP contribution in [0.3, 0.4) is 0 Å². The molecule has 0 bridgehead atoms. The topological polar surface area (TPSA) is 29.1 Å². The lowest BCUT2D eigenvalue weighted by atomic mass is 10.2. The first-order chi connectivity index (χ1) is 10.2. The highest BCUT2D eigenvalue weighted by atomic mass is 35.5. The molecule has 0 saturated carbocycles. The van der Waals surface area contributed by atoms with E-state index in [0.29, 0.717) is 21.5 Å². The van der Waals surface area contributed by atoms with Crippen molar-refractivity contribution in [2.75, 3.05) is 0 Å². The molecule has 0 aliphatic heterocycles. The van der Waals surface area contributed by atoms with Gasteiger partial charge < -0.3 is 5.32 Å². The van der Waals surface area contributed by atoms with Crippen LogP contribution in [-0.4, -0.2) is 5.91 Å². The van der Waals surface area contributed by atoms with Crippen molar-refractivity contribution in [2.45, 2.75) is 6.54 Å². The molecule has 3 aromatic rings. The minimum atomic E-state index is -0.180. The van der Waals surface area contributed by atoms with E-state index in [1.165, 1.54) is 11.3 Å². The molecule has 0 saturated heterocycles. The molecule has 1 heterocycles. The smallest absolute Gasteiger partial charge is 0.263 e. The van der Waals surface area contributed by atoms with Gasteiger partial charge in [0.2, 0.25) is 0 Å². The predicted molar refractivity (Wildman–Crippen MR) is 89.5 cm³/mol. The molecule has 21 heavy (non-hydrogen) atoms. The Hall–Kier alpha value is -1.55. The fraction of sp³-hybridized carbons (Fsp3) is 0.0625. The predicted octanol–water partition coefficient (Wildman–Crippen LogP) is 5.14. The Morgan fingerprint density at radius 3 is 2.52 bits per heavy atom. The SMILES string of the molecule is O=C(NCc1ccccc1Cl)c1sc2ccccc2c1Cl. The van der Waals surface area contributed by atoms with Crippen molar-refractivity contribution in [3.05, 3.63) is 69.0 Å². The molecule has 0 aliphatic rings. The summed E-state index contributed by atoms with van der Waals surface area (Å²) in [5, 5.41) is 4.92. The number of hydrogen-bond acceptors (Lipinski definition) is 2. The van der Waals surface area contributed by atoms with E-state index in [9.17, 15) is 4.79 Å². The van der Waals surface area contributed by atoms with Crippen LogP contribution in [0, 0.1) is 0 Å². The lowest BCUT2D eigenvalue weighted by Gasteiger charge is -2.06. The number of rotatable bonds is 3. The Kier molecular flexibility index (Phi) is 4.15. The lowest BCUT2D eigenvalue weighted by molar-refractivity contribution is 0.0955. The van der Waals surface area contributed by atoms with Crippen molar-refractivity contribution in [3.63, 3.8) is 0 Å². The Morgan fingerprint density at radius 1 is 1.05 bits per heavy atom. The van der Waals surface area contributed by atoms with Crippen LogP contribution in [0.1, 0.15) is 15.2 Å². The zero-order valence-corrected chi connectivity index (χ0v) is 13.2. The zero-order valence-electron chi connectivity index (χ0n) is 10.9. The minimum absolute atomic E-state index is 0.180. The number of hydrogen-bond donors (Lipinski definition) is 1. The fourth-order valence-corrected chi connectivity index (χ4v) is 3.69. The first kappa shape index (κ1) is 14.4. The molecule has 0 atom stereocenters. The average Bonchev–Trinajstić information content (AvgIpc) is 2.84. The van der Waals surface area contributed by atoms with Crippen molar-refractivity contribution < 1.29 is 4.79 Å². The second-order valence-electron chi connectivity index (χ2n) is 4.52. The largest absolute Gasteiger partial charge is 0.347 e. The van der Waals surface area contributed by atoms with E-state index in [-0.39, 0.29) is 5.91 Å². The van der Waals surface area contributed by atoms with Gasteiger partial charge in [-0.05, 0) is 17.7 Å². The molecule has 106 valence electrons. The van der Waals surface area contributed by atoms with Crippen LogP contribution >= 0.6 is 34.5 Å². The Balaban J connectivity index is 1.81. The highest BCUT2D eigenvalue weighted by Gasteiger charge is 2.16. The number of nitrogens with one attached hydrogen (secondary N) is 1. The summed E-state index contributed by atoms with van der Waals surface area (Å²) in [6.07, 6.45) is 0. The van der Waals surface area contributed by atoms with E-state index in [2.05, 4.69) is 5.32 Å². The molecule has 1 amide bonds. The van der Waals surface area contributed by atoms with E-state index < -0.39 is 0 Å². The second-order valence-corrected chi connectivity index (χ2v) is 6.35. The number of amides is 1. The van der Waals surface area contributed by atoms with Gasteiger partial charge >= 0.3 is 0 Å². The molecule has 3 rings (SSSR count). The summed E-state index contributed by atoms with van der Waals surface area (Å²) in [4.78, 5) is 12.8. The summed E-state index contributed by atoms with van der Waals surface area (Å²) in [5.74, 6) is -0.180. The number of benzene rings is 2. The van der Waals surface area contributed by atoms with Crippen molar-refractivity contribution >= 4 is 50.5 Å². The molecule has 1 aromatic heterocycles. The number of carbonyl (C=O) groups is 1. The summed E-state index contributed by atoms with van der Waals surface area (Å²) in [5.41, 5.74) is 0.879. The monoisotopic (exact) mass is 335 g/mol. The molecule has 2 aromatic carbocycles. The molecule has 5 heteroatoms. The lowest BCUT2D eigenvalue weighted by Crippen LogP contribution is -2.22. The summed E-state index contributed by atoms with van der Waals surface area (Å²) < 4.78 is 1.00. The summed E-state index contributed by atoms with van der Waals surface area (Å²) in [6, 6.07) is 15.1. The van der Waals surface area contributed by atoms with E-state index in [4.69, 9.17) is 23.2 Å². The summed E-state index contributed by atoms with van der Waals surface area (Å²) in [7, 11) is 0. The van der Waals surface area contributed by atoms with Gasteiger partial charge in [-0.3, -0.25) is 4.79 Å². The van der Waals surface area contributed by atoms with Crippen LogP contribution < -0.4 is 5.32 Å². The Labute approximate surface area is 136 Å². The molecular formula is C16H11Cl2NOS. The number of thiophene rings is 1. The highest BCUT2D eigenvalue weighted by Crippen LogP contribution is 2.35. The van der Waals surface area contributed by atoms with Crippen LogP contribution in [0.15, 0.2) is 48.5 Å². The number of carbonyl (C=O) groups excluding carboxylic acids is 1. The third-order valence-corrected chi connectivity index (χ3v) is 5.18. The van der Waals surface area contributed by atoms with Crippen LogP contribution in [0.2, 0.25) is 10.0 Å². The van der Waals surface area contributed by atoms with Gasteiger partial charge in [0.05, 0.1) is 5.02 Å².